The summed E-state index contributed by atoms with van der Waals surface area (Å²) in [5.41, 5.74) is 2.16. The van der Waals surface area contributed by atoms with Gasteiger partial charge in [0.15, 0.2) is 0 Å². The lowest BCUT2D eigenvalue weighted by Crippen LogP contribution is -2.15. The van der Waals surface area contributed by atoms with Crippen LogP contribution in [0.1, 0.15) is 19.4 Å². The number of pyridine rings is 1. The maximum atomic E-state index is 14.3. The molecule has 6 heteroatoms. The van der Waals surface area contributed by atoms with E-state index in [1.54, 1.807) is 42.9 Å². The van der Waals surface area contributed by atoms with Crippen molar-refractivity contribution in [2.45, 2.75) is 19.4 Å². The Morgan fingerprint density at radius 3 is 2.52 bits per heavy atom. The van der Waals surface area contributed by atoms with Gasteiger partial charge in [0.25, 0.3) is 0 Å². The number of aromatic nitrogens is 3. The highest BCUT2D eigenvalue weighted by Gasteiger charge is 2.18. The highest BCUT2D eigenvalue weighted by atomic mass is 19.1. The molecule has 2 heterocycles. The molecule has 0 radical (unpaired) electrons. The van der Waals surface area contributed by atoms with E-state index in [-0.39, 0.29) is 11.1 Å². The van der Waals surface area contributed by atoms with E-state index in [4.69, 9.17) is 0 Å². The number of aliphatic hydroxyl groups is 1. The van der Waals surface area contributed by atoms with Crippen molar-refractivity contribution in [3.05, 3.63) is 78.4 Å². The fraction of sp³-hybridized carbons (Fsp3) is 0.143. The molecule has 0 spiro atoms. The van der Waals surface area contributed by atoms with Crippen molar-refractivity contribution >= 4 is 11.0 Å². The molecule has 0 unspecified atom stereocenters. The van der Waals surface area contributed by atoms with Crippen LogP contribution in [-0.4, -0.2) is 19.6 Å². The summed E-state index contributed by atoms with van der Waals surface area (Å²) in [5.74, 6) is -1.25. The molecule has 0 aliphatic heterocycles. The monoisotopic (exact) mass is 365 g/mol. The summed E-state index contributed by atoms with van der Waals surface area (Å²) in [6.07, 6.45) is 2.94. The molecule has 2 aromatic heterocycles. The van der Waals surface area contributed by atoms with Crippen LogP contribution in [0.4, 0.5) is 8.78 Å². The normalized spacial score (nSPS) is 11.9. The number of rotatable bonds is 3. The molecule has 2 aromatic carbocycles. The van der Waals surface area contributed by atoms with Gasteiger partial charge in [-0.05, 0) is 61.9 Å². The maximum Gasteiger partial charge on any atom is 0.220 e. The van der Waals surface area contributed by atoms with E-state index in [2.05, 4.69) is 9.97 Å². The van der Waals surface area contributed by atoms with Gasteiger partial charge in [0, 0.05) is 23.0 Å². The fourth-order valence-corrected chi connectivity index (χ4v) is 3.06. The van der Waals surface area contributed by atoms with Gasteiger partial charge in [0.1, 0.15) is 12.1 Å². The molecule has 1 N–H and O–H groups in total. The summed E-state index contributed by atoms with van der Waals surface area (Å²) >= 11 is 0. The Bertz CT molecular complexity index is 1150. The van der Waals surface area contributed by atoms with Gasteiger partial charge in [0.2, 0.25) is 5.95 Å². The third-order valence-electron chi connectivity index (χ3n) is 4.53. The lowest BCUT2D eigenvalue weighted by atomic mass is 9.98. The first kappa shape index (κ1) is 17.3. The molecular formula is C21H17F2N3O. The summed E-state index contributed by atoms with van der Waals surface area (Å²) in [7, 11) is 0. The van der Waals surface area contributed by atoms with Gasteiger partial charge in [0.05, 0.1) is 16.6 Å². The number of hydrogen-bond donors (Lipinski definition) is 1. The number of benzene rings is 2. The molecular weight excluding hydrogens is 348 g/mol. The minimum absolute atomic E-state index is 0.102. The minimum atomic E-state index is -0.973. The average molecular weight is 365 g/mol. The zero-order valence-corrected chi connectivity index (χ0v) is 14.8. The molecule has 0 fully saturated rings. The number of fused-ring (bicyclic) bond motifs is 1. The van der Waals surface area contributed by atoms with Gasteiger partial charge >= 0.3 is 0 Å². The van der Waals surface area contributed by atoms with Crippen LogP contribution in [0.3, 0.4) is 0 Å². The molecule has 4 nitrogen and oxygen atoms in total. The summed E-state index contributed by atoms with van der Waals surface area (Å²) in [6.45, 7) is 3.42. The average Bonchev–Trinajstić information content (AvgIpc) is 3.05. The molecule has 136 valence electrons. The summed E-state index contributed by atoms with van der Waals surface area (Å²) in [6, 6.07) is 13.0. The standard InChI is InChI=1S/C21H17F2N3O/c1-21(2,27)13-5-8-19-18(10-13)25-12-26(19)14-6-7-17(22)16(11-14)15-4-3-9-24-20(15)23/h3-12,27H,1-2H3. The van der Waals surface area contributed by atoms with Crippen LogP contribution >= 0.6 is 0 Å². The Balaban J connectivity index is 1.85. The molecule has 27 heavy (non-hydrogen) atoms. The van der Waals surface area contributed by atoms with Crippen molar-refractivity contribution in [2.24, 2.45) is 0 Å². The Hall–Kier alpha value is -3.12. The second-order valence-corrected chi connectivity index (χ2v) is 6.88. The fourth-order valence-electron chi connectivity index (χ4n) is 3.06. The van der Waals surface area contributed by atoms with E-state index in [0.717, 1.165) is 11.1 Å². The van der Waals surface area contributed by atoms with E-state index in [1.165, 1.54) is 18.3 Å². The van der Waals surface area contributed by atoms with Crippen molar-refractivity contribution in [1.82, 2.24) is 14.5 Å². The zero-order valence-electron chi connectivity index (χ0n) is 14.8. The highest BCUT2D eigenvalue weighted by Crippen LogP contribution is 2.29. The van der Waals surface area contributed by atoms with Gasteiger partial charge in [-0.1, -0.05) is 6.07 Å². The van der Waals surface area contributed by atoms with Crippen molar-refractivity contribution in [3.63, 3.8) is 0 Å². The molecule has 0 aliphatic rings. The lowest BCUT2D eigenvalue weighted by Gasteiger charge is -2.17. The molecule has 0 saturated carbocycles. The number of hydrogen-bond acceptors (Lipinski definition) is 3. The van der Waals surface area contributed by atoms with Crippen LogP contribution in [-0.2, 0) is 5.60 Å². The molecule has 0 saturated heterocycles. The lowest BCUT2D eigenvalue weighted by molar-refractivity contribution is 0.0787. The predicted octanol–water partition coefficient (Wildman–Crippen LogP) is 4.59. The third-order valence-corrected chi connectivity index (χ3v) is 4.53. The molecule has 0 aliphatic carbocycles. The molecule has 4 rings (SSSR count). The topological polar surface area (TPSA) is 50.9 Å². The van der Waals surface area contributed by atoms with Gasteiger partial charge < -0.3 is 5.11 Å². The number of nitrogens with zero attached hydrogens (tertiary/aromatic N) is 3. The SMILES string of the molecule is CC(C)(O)c1ccc2c(c1)ncn2-c1ccc(F)c(-c2cccnc2F)c1. The van der Waals surface area contributed by atoms with Crippen LogP contribution in [0.15, 0.2) is 61.1 Å². The highest BCUT2D eigenvalue weighted by molar-refractivity contribution is 5.79. The van der Waals surface area contributed by atoms with Crippen molar-refractivity contribution in [1.29, 1.82) is 0 Å². The number of halogens is 2. The van der Waals surface area contributed by atoms with Crippen LogP contribution in [0.2, 0.25) is 0 Å². The van der Waals surface area contributed by atoms with E-state index in [0.29, 0.717) is 11.2 Å². The van der Waals surface area contributed by atoms with Crippen molar-refractivity contribution < 1.29 is 13.9 Å². The Morgan fingerprint density at radius 1 is 0.963 bits per heavy atom. The Labute approximate surface area is 154 Å². The smallest absolute Gasteiger partial charge is 0.220 e. The molecule has 0 amide bonds. The van der Waals surface area contributed by atoms with Crippen LogP contribution in [0, 0.1) is 11.8 Å². The van der Waals surface area contributed by atoms with Crippen LogP contribution in [0.25, 0.3) is 27.8 Å². The Kier molecular flexibility index (Phi) is 4.00. The molecule has 4 aromatic rings. The van der Waals surface area contributed by atoms with Crippen LogP contribution in [0.5, 0.6) is 0 Å². The minimum Gasteiger partial charge on any atom is -0.386 e. The second-order valence-electron chi connectivity index (χ2n) is 6.88. The first-order valence-electron chi connectivity index (χ1n) is 8.45. The van der Waals surface area contributed by atoms with Crippen molar-refractivity contribution in [3.8, 4) is 16.8 Å². The second kappa shape index (κ2) is 6.25. The number of imidazole rings is 1. The largest absolute Gasteiger partial charge is 0.386 e. The van der Waals surface area contributed by atoms with Gasteiger partial charge in [-0.15, -0.1) is 0 Å². The Morgan fingerprint density at radius 2 is 1.78 bits per heavy atom. The third kappa shape index (κ3) is 3.08. The summed E-state index contributed by atoms with van der Waals surface area (Å²) in [5, 5.41) is 10.2. The van der Waals surface area contributed by atoms with Gasteiger partial charge in [-0.2, -0.15) is 4.39 Å². The molecule has 0 bridgehead atoms. The van der Waals surface area contributed by atoms with E-state index < -0.39 is 17.4 Å². The zero-order chi connectivity index (χ0) is 19.2. The summed E-state index contributed by atoms with van der Waals surface area (Å²) in [4.78, 5) is 7.98. The van der Waals surface area contributed by atoms with Crippen molar-refractivity contribution in [2.75, 3.05) is 0 Å². The first-order valence-corrected chi connectivity index (χ1v) is 8.45. The first-order chi connectivity index (χ1) is 12.8. The van der Waals surface area contributed by atoms with Crippen LogP contribution < -0.4 is 0 Å². The van der Waals surface area contributed by atoms with Gasteiger partial charge in [-0.3, -0.25) is 4.57 Å². The summed E-state index contributed by atoms with van der Waals surface area (Å²) < 4.78 is 30.1. The van der Waals surface area contributed by atoms with E-state index >= 15 is 0 Å². The quantitative estimate of drug-likeness (QED) is 0.540. The van der Waals surface area contributed by atoms with E-state index in [1.807, 2.05) is 18.2 Å². The van der Waals surface area contributed by atoms with E-state index in [9.17, 15) is 13.9 Å². The maximum absolute atomic E-state index is 14.3. The predicted molar refractivity (Wildman–Crippen MR) is 99.5 cm³/mol. The van der Waals surface area contributed by atoms with Gasteiger partial charge in [-0.25, -0.2) is 14.4 Å². The molecule has 0 atom stereocenters.